The molecule has 0 aliphatic heterocycles. The zero-order valence-corrected chi connectivity index (χ0v) is 14.3. The highest BCUT2D eigenvalue weighted by atomic mass is 79.9. The molecule has 0 saturated carbocycles. The second kappa shape index (κ2) is 7.95. The zero-order chi connectivity index (χ0) is 15.2. The SMILES string of the molecule is CN(CCC(O)c1ccc(Br)cc1)Cc1ccc(Cl)cc1. The van der Waals surface area contributed by atoms with Crippen LogP contribution in [0.3, 0.4) is 0 Å². The van der Waals surface area contributed by atoms with Gasteiger partial charge in [-0.3, -0.25) is 0 Å². The van der Waals surface area contributed by atoms with Crippen molar-refractivity contribution < 1.29 is 5.11 Å². The Morgan fingerprint density at radius 1 is 1.10 bits per heavy atom. The van der Waals surface area contributed by atoms with E-state index >= 15 is 0 Å². The molecule has 21 heavy (non-hydrogen) atoms. The summed E-state index contributed by atoms with van der Waals surface area (Å²) in [7, 11) is 2.06. The Hall–Kier alpha value is -0.870. The van der Waals surface area contributed by atoms with Gasteiger partial charge in [0.2, 0.25) is 0 Å². The molecule has 2 aromatic carbocycles. The summed E-state index contributed by atoms with van der Waals surface area (Å²) in [5.41, 5.74) is 2.18. The summed E-state index contributed by atoms with van der Waals surface area (Å²) >= 11 is 9.28. The van der Waals surface area contributed by atoms with E-state index in [9.17, 15) is 5.11 Å². The van der Waals surface area contributed by atoms with Gasteiger partial charge in [-0.2, -0.15) is 0 Å². The van der Waals surface area contributed by atoms with Crippen molar-refractivity contribution in [2.45, 2.75) is 19.1 Å². The lowest BCUT2D eigenvalue weighted by Crippen LogP contribution is -2.20. The zero-order valence-electron chi connectivity index (χ0n) is 12.0. The Balaban J connectivity index is 1.81. The van der Waals surface area contributed by atoms with Crippen molar-refractivity contribution >= 4 is 27.5 Å². The summed E-state index contributed by atoms with van der Waals surface area (Å²) < 4.78 is 1.03. The maximum atomic E-state index is 10.2. The Bertz CT molecular complexity index is 556. The van der Waals surface area contributed by atoms with Crippen molar-refractivity contribution in [1.82, 2.24) is 4.90 Å². The molecule has 0 saturated heterocycles. The Morgan fingerprint density at radius 2 is 1.71 bits per heavy atom. The number of benzene rings is 2. The molecule has 1 atom stereocenters. The number of hydrogen-bond acceptors (Lipinski definition) is 2. The first-order valence-electron chi connectivity index (χ1n) is 6.91. The molecule has 1 unspecified atom stereocenters. The van der Waals surface area contributed by atoms with Crippen LogP contribution in [-0.2, 0) is 6.54 Å². The van der Waals surface area contributed by atoms with E-state index < -0.39 is 6.10 Å². The number of aliphatic hydroxyl groups is 1. The van der Waals surface area contributed by atoms with Crippen LogP contribution in [0.1, 0.15) is 23.7 Å². The van der Waals surface area contributed by atoms with Crippen LogP contribution in [0, 0.1) is 0 Å². The van der Waals surface area contributed by atoms with E-state index in [1.807, 2.05) is 48.5 Å². The quantitative estimate of drug-likeness (QED) is 0.801. The first-order chi connectivity index (χ1) is 10.0. The summed E-state index contributed by atoms with van der Waals surface area (Å²) in [4.78, 5) is 2.20. The standard InChI is InChI=1S/C17H19BrClNO/c1-20(12-13-2-8-16(19)9-3-13)11-10-17(21)14-4-6-15(18)7-5-14/h2-9,17,21H,10-12H2,1H3. The molecule has 112 valence electrons. The van der Waals surface area contributed by atoms with Crippen molar-refractivity contribution in [2.75, 3.05) is 13.6 Å². The average molecular weight is 369 g/mol. The minimum atomic E-state index is -0.425. The number of hydrogen-bond donors (Lipinski definition) is 1. The first kappa shape index (κ1) is 16.5. The van der Waals surface area contributed by atoms with Gasteiger partial charge in [-0.15, -0.1) is 0 Å². The maximum Gasteiger partial charge on any atom is 0.0802 e. The maximum absolute atomic E-state index is 10.2. The lowest BCUT2D eigenvalue weighted by Gasteiger charge is -2.19. The summed E-state index contributed by atoms with van der Waals surface area (Å²) in [5, 5.41) is 11.0. The predicted octanol–water partition coefficient (Wildman–Crippen LogP) is 4.66. The molecule has 0 heterocycles. The molecule has 0 bridgehead atoms. The van der Waals surface area contributed by atoms with Gasteiger partial charge in [-0.25, -0.2) is 0 Å². The molecular formula is C17H19BrClNO. The average Bonchev–Trinajstić information content (AvgIpc) is 2.48. The lowest BCUT2D eigenvalue weighted by molar-refractivity contribution is 0.147. The monoisotopic (exact) mass is 367 g/mol. The van der Waals surface area contributed by atoms with Gasteiger partial charge in [0.05, 0.1) is 6.10 Å². The van der Waals surface area contributed by atoms with Gasteiger partial charge < -0.3 is 10.0 Å². The number of halogens is 2. The molecule has 2 rings (SSSR count). The Kier molecular flexibility index (Phi) is 6.24. The van der Waals surface area contributed by atoms with Gasteiger partial charge in [0, 0.05) is 22.6 Å². The summed E-state index contributed by atoms with van der Waals surface area (Å²) in [5.74, 6) is 0. The predicted molar refractivity (Wildman–Crippen MR) is 91.5 cm³/mol. The van der Waals surface area contributed by atoms with Crippen LogP contribution in [0.2, 0.25) is 5.02 Å². The van der Waals surface area contributed by atoms with Gasteiger partial charge in [0.25, 0.3) is 0 Å². The largest absolute Gasteiger partial charge is 0.388 e. The fourth-order valence-corrected chi connectivity index (χ4v) is 2.57. The Labute approximate surface area is 139 Å². The fourth-order valence-electron chi connectivity index (χ4n) is 2.17. The summed E-state index contributed by atoms with van der Waals surface area (Å²) in [6, 6.07) is 15.7. The molecule has 0 fully saturated rings. The van der Waals surface area contributed by atoms with Gasteiger partial charge in [0.15, 0.2) is 0 Å². The van der Waals surface area contributed by atoms with E-state index in [0.717, 1.165) is 28.1 Å². The highest BCUT2D eigenvalue weighted by Crippen LogP contribution is 2.20. The Morgan fingerprint density at radius 3 is 2.33 bits per heavy atom. The smallest absolute Gasteiger partial charge is 0.0802 e. The second-order valence-corrected chi connectivity index (χ2v) is 6.57. The molecule has 2 nitrogen and oxygen atoms in total. The van der Waals surface area contributed by atoms with E-state index in [4.69, 9.17) is 11.6 Å². The normalized spacial score (nSPS) is 12.6. The van der Waals surface area contributed by atoms with Crippen LogP contribution in [0.25, 0.3) is 0 Å². The third-order valence-corrected chi connectivity index (χ3v) is 4.19. The third-order valence-electron chi connectivity index (χ3n) is 3.40. The van der Waals surface area contributed by atoms with Crippen LogP contribution in [-0.4, -0.2) is 23.6 Å². The van der Waals surface area contributed by atoms with Crippen LogP contribution in [0.4, 0.5) is 0 Å². The number of aliphatic hydroxyl groups excluding tert-OH is 1. The third kappa shape index (κ3) is 5.44. The van der Waals surface area contributed by atoms with Crippen LogP contribution >= 0.6 is 27.5 Å². The first-order valence-corrected chi connectivity index (χ1v) is 8.08. The highest BCUT2D eigenvalue weighted by Gasteiger charge is 2.09. The summed E-state index contributed by atoms with van der Waals surface area (Å²) in [6.07, 6.45) is 0.289. The molecule has 1 N–H and O–H groups in total. The molecule has 0 aromatic heterocycles. The minimum absolute atomic E-state index is 0.425. The van der Waals surface area contributed by atoms with E-state index in [2.05, 4.69) is 27.9 Å². The van der Waals surface area contributed by atoms with E-state index in [1.54, 1.807) is 0 Å². The molecular weight excluding hydrogens is 350 g/mol. The molecule has 4 heteroatoms. The molecule has 0 aliphatic rings. The van der Waals surface area contributed by atoms with Gasteiger partial charge in [0.1, 0.15) is 0 Å². The van der Waals surface area contributed by atoms with Crippen molar-refractivity contribution in [1.29, 1.82) is 0 Å². The lowest BCUT2D eigenvalue weighted by atomic mass is 10.1. The molecule has 0 radical (unpaired) electrons. The highest BCUT2D eigenvalue weighted by molar-refractivity contribution is 9.10. The van der Waals surface area contributed by atoms with E-state index in [0.29, 0.717) is 6.42 Å². The van der Waals surface area contributed by atoms with Crippen molar-refractivity contribution in [2.24, 2.45) is 0 Å². The summed E-state index contributed by atoms with van der Waals surface area (Å²) in [6.45, 7) is 1.68. The van der Waals surface area contributed by atoms with E-state index in [-0.39, 0.29) is 0 Å². The molecule has 0 spiro atoms. The second-order valence-electron chi connectivity index (χ2n) is 5.22. The number of nitrogens with zero attached hydrogens (tertiary/aromatic N) is 1. The molecule has 2 aromatic rings. The van der Waals surface area contributed by atoms with Crippen molar-refractivity contribution in [3.63, 3.8) is 0 Å². The van der Waals surface area contributed by atoms with Gasteiger partial charge >= 0.3 is 0 Å². The van der Waals surface area contributed by atoms with E-state index in [1.165, 1.54) is 5.56 Å². The van der Waals surface area contributed by atoms with Crippen LogP contribution in [0.5, 0.6) is 0 Å². The van der Waals surface area contributed by atoms with Crippen molar-refractivity contribution in [3.05, 3.63) is 69.2 Å². The topological polar surface area (TPSA) is 23.5 Å². The van der Waals surface area contributed by atoms with Crippen LogP contribution < -0.4 is 0 Å². The van der Waals surface area contributed by atoms with Crippen molar-refractivity contribution in [3.8, 4) is 0 Å². The molecule has 0 aliphatic carbocycles. The minimum Gasteiger partial charge on any atom is -0.388 e. The van der Waals surface area contributed by atoms with Gasteiger partial charge in [-0.1, -0.05) is 51.8 Å². The number of rotatable bonds is 6. The van der Waals surface area contributed by atoms with Gasteiger partial charge in [-0.05, 0) is 48.9 Å². The molecule has 0 amide bonds. The van der Waals surface area contributed by atoms with Crippen LogP contribution in [0.15, 0.2) is 53.0 Å². The fraction of sp³-hybridized carbons (Fsp3) is 0.294.